The van der Waals surface area contributed by atoms with Gasteiger partial charge in [0.05, 0.1) is 12.7 Å². The molecule has 132 valence electrons. The van der Waals surface area contributed by atoms with E-state index in [2.05, 4.69) is 15.2 Å². The average molecular weight is 339 g/mol. The molecule has 3 rings (SSSR count). The van der Waals surface area contributed by atoms with Crippen LogP contribution in [0.5, 0.6) is 0 Å². The highest BCUT2D eigenvalue weighted by Crippen LogP contribution is 2.21. The van der Waals surface area contributed by atoms with E-state index in [1.54, 1.807) is 7.05 Å². The summed E-state index contributed by atoms with van der Waals surface area (Å²) in [5.74, 6) is -0.225. The molecule has 2 aliphatic rings. The van der Waals surface area contributed by atoms with Crippen molar-refractivity contribution in [1.82, 2.24) is 10.2 Å². The summed E-state index contributed by atoms with van der Waals surface area (Å²) in [5, 5.41) is 3.11. The van der Waals surface area contributed by atoms with Crippen LogP contribution in [-0.2, 0) is 16.0 Å². The molecule has 0 aliphatic carbocycles. The van der Waals surface area contributed by atoms with Gasteiger partial charge in [0.25, 0.3) is 0 Å². The third-order valence-corrected chi connectivity index (χ3v) is 4.43. The van der Waals surface area contributed by atoms with Gasteiger partial charge in [-0.2, -0.15) is 0 Å². The molecule has 24 heavy (non-hydrogen) atoms. The number of guanidine groups is 1. The molecular formula is C17H23F2N3O2. The van der Waals surface area contributed by atoms with E-state index in [4.69, 9.17) is 9.47 Å². The lowest BCUT2D eigenvalue weighted by Crippen LogP contribution is -2.53. The molecule has 2 aliphatic heterocycles. The smallest absolute Gasteiger partial charge is 0.194 e. The Morgan fingerprint density at radius 1 is 1.29 bits per heavy atom. The Morgan fingerprint density at radius 3 is 2.88 bits per heavy atom. The van der Waals surface area contributed by atoms with Crippen molar-refractivity contribution in [2.75, 3.05) is 33.4 Å². The van der Waals surface area contributed by atoms with Crippen LogP contribution in [0.15, 0.2) is 23.2 Å². The number of ether oxygens (including phenoxy) is 2. The second kappa shape index (κ2) is 7.90. The minimum Gasteiger partial charge on any atom is -0.375 e. The van der Waals surface area contributed by atoms with E-state index >= 15 is 0 Å². The molecule has 0 bridgehead atoms. The molecule has 2 heterocycles. The van der Waals surface area contributed by atoms with E-state index in [-0.39, 0.29) is 24.3 Å². The fourth-order valence-corrected chi connectivity index (χ4v) is 3.17. The fraction of sp³-hybridized carbons (Fsp3) is 0.588. The summed E-state index contributed by atoms with van der Waals surface area (Å²) in [6.07, 6.45) is 2.23. The number of rotatable bonds is 3. The van der Waals surface area contributed by atoms with Gasteiger partial charge in [0.2, 0.25) is 0 Å². The zero-order valence-corrected chi connectivity index (χ0v) is 13.8. The first-order valence-corrected chi connectivity index (χ1v) is 8.30. The van der Waals surface area contributed by atoms with E-state index in [1.807, 2.05) is 0 Å². The number of hydrogen-bond donors (Lipinski definition) is 1. The molecule has 1 aromatic carbocycles. The van der Waals surface area contributed by atoms with Crippen LogP contribution in [-0.4, -0.2) is 56.4 Å². The van der Waals surface area contributed by atoms with E-state index in [1.165, 1.54) is 6.07 Å². The molecule has 2 saturated heterocycles. The van der Waals surface area contributed by atoms with Crippen molar-refractivity contribution < 1.29 is 18.3 Å². The Bertz CT molecular complexity index is 591. The first-order valence-electron chi connectivity index (χ1n) is 8.30. The maximum absolute atomic E-state index is 13.7. The Morgan fingerprint density at radius 2 is 2.12 bits per heavy atom. The molecule has 2 fully saturated rings. The lowest BCUT2D eigenvalue weighted by Gasteiger charge is -2.37. The van der Waals surface area contributed by atoms with Crippen LogP contribution in [0.4, 0.5) is 8.78 Å². The van der Waals surface area contributed by atoms with Crippen LogP contribution in [0, 0.1) is 11.6 Å². The van der Waals surface area contributed by atoms with Crippen molar-refractivity contribution in [3.05, 3.63) is 35.4 Å². The van der Waals surface area contributed by atoms with E-state index < -0.39 is 11.6 Å². The number of nitrogens with one attached hydrogen (secondary N) is 1. The summed E-state index contributed by atoms with van der Waals surface area (Å²) in [5.41, 5.74) is 0.278. The van der Waals surface area contributed by atoms with Crippen LogP contribution in [0.3, 0.4) is 0 Å². The largest absolute Gasteiger partial charge is 0.375 e. The molecule has 0 aromatic heterocycles. The number of nitrogens with zero attached hydrogens (tertiary/aromatic N) is 2. The van der Waals surface area contributed by atoms with Crippen LogP contribution in [0.1, 0.15) is 18.4 Å². The lowest BCUT2D eigenvalue weighted by atomic mass is 10.1. The molecule has 0 spiro atoms. The Hall–Kier alpha value is -1.73. The molecule has 0 amide bonds. The van der Waals surface area contributed by atoms with Crippen molar-refractivity contribution in [1.29, 1.82) is 0 Å². The van der Waals surface area contributed by atoms with Crippen molar-refractivity contribution in [2.24, 2.45) is 4.99 Å². The molecule has 1 aromatic rings. The summed E-state index contributed by atoms with van der Waals surface area (Å²) >= 11 is 0. The second-order valence-corrected chi connectivity index (χ2v) is 6.04. The third-order valence-electron chi connectivity index (χ3n) is 4.43. The minimum atomic E-state index is -0.451. The summed E-state index contributed by atoms with van der Waals surface area (Å²) in [7, 11) is 1.68. The first kappa shape index (κ1) is 17.1. The zero-order chi connectivity index (χ0) is 16.9. The monoisotopic (exact) mass is 339 g/mol. The highest BCUT2D eigenvalue weighted by atomic mass is 19.1. The summed E-state index contributed by atoms with van der Waals surface area (Å²) in [6, 6.07) is 3.45. The Kier molecular flexibility index (Phi) is 5.63. The third kappa shape index (κ3) is 4.02. The SMILES string of the molecule is CN=C(NCc1cc(F)ccc1F)N1CCOC(C2CCCO2)C1. The molecular weight excluding hydrogens is 316 g/mol. The molecule has 2 unspecified atom stereocenters. The second-order valence-electron chi connectivity index (χ2n) is 6.04. The zero-order valence-electron chi connectivity index (χ0n) is 13.8. The maximum Gasteiger partial charge on any atom is 0.194 e. The number of halogens is 2. The van der Waals surface area contributed by atoms with Gasteiger partial charge >= 0.3 is 0 Å². The average Bonchev–Trinajstić information content (AvgIpc) is 3.13. The van der Waals surface area contributed by atoms with Crippen LogP contribution >= 0.6 is 0 Å². The number of hydrogen-bond acceptors (Lipinski definition) is 3. The number of aliphatic imine (C=N–C) groups is 1. The summed E-state index contributed by atoms with van der Waals surface area (Å²) < 4.78 is 38.5. The first-order chi connectivity index (χ1) is 11.7. The minimum absolute atomic E-state index is 0.0192. The maximum atomic E-state index is 13.7. The molecule has 5 nitrogen and oxygen atoms in total. The number of benzene rings is 1. The van der Waals surface area contributed by atoms with E-state index in [0.717, 1.165) is 31.6 Å². The van der Waals surface area contributed by atoms with Crippen LogP contribution in [0.2, 0.25) is 0 Å². The molecule has 2 atom stereocenters. The van der Waals surface area contributed by atoms with Crippen molar-refractivity contribution in [3.63, 3.8) is 0 Å². The number of morpholine rings is 1. The van der Waals surface area contributed by atoms with Gasteiger partial charge in [-0.25, -0.2) is 8.78 Å². The van der Waals surface area contributed by atoms with Crippen molar-refractivity contribution in [2.45, 2.75) is 31.6 Å². The van der Waals surface area contributed by atoms with E-state index in [0.29, 0.717) is 25.7 Å². The lowest BCUT2D eigenvalue weighted by molar-refractivity contribution is -0.0817. The van der Waals surface area contributed by atoms with Crippen molar-refractivity contribution >= 4 is 5.96 Å². The Labute approximate surface area is 140 Å². The molecule has 0 radical (unpaired) electrons. The predicted molar refractivity (Wildman–Crippen MR) is 86.8 cm³/mol. The quantitative estimate of drug-likeness (QED) is 0.675. The van der Waals surface area contributed by atoms with Gasteiger partial charge in [-0.05, 0) is 31.0 Å². The van der Waals surface area contributed by atoms with Gasteiger partial charge in [-0.3, -0.25) is 4.99 Å². The predicted octanol–water partition coefficient (Wildman–Crippen LogP) is 1.92. The highest BCUT2D eigenvalue weighted by Gasteiger charge is 2.32. The molecule has 7 heteroatoms. The topological polar surface area (TPSA) is 46.1 Å². The standard InChI is InChI=1S/C17H23F2N3O2/c1-20-17(21-10-12-9-13(18)4-5-14(12)19)22-6-8-24-16(11-22)15-3-2-7-23-15/h4-5,9,15-16H,2-3,6-8,10-11H2,1H3,(H,20,21). The van der Waals surface area contributed by atoms with Crippen LogP contribution in [0.25, 0.3) is 0 Å². The summed E-state index contributed by atoms with van der Waals surface area (Å²) in [4.78, 5) is 6.34. The molecule has 0 saturated carbocycles. The van der Waals surface area contributed by atoms with Gasteiger partial charge in [0, 0.05) is 38.9 Å². The van der Waals surface area contributed by atoms with Gasteiger partial charge in [0.1, 0.15) is 17.7 Å². The Balaban J connectivity index is 1.60. The summed E-state index contributed by atoms with van der Waals surface area (Å²) in [6.45, 7) is 2.94. The normalized spacial score (nSPS) is 25.1. The fourth-order valence-electron chi connectivity index (χ4n) is 3.17. The molecule has 1 N–H and O–H groups in total. The van der Waals surface area contributed by atoms with Gasteiger partial charge in [0.15, 0.2) is 5.96 Å². The van der Waals surface area contributed by atoms with Crippen LogP contribution < -0.4 is 5.32 Å². The van der Waals surface area contributed by atoms with Crippen molar-refractivity contribution in [3.8, 4) is 0 Å². The van der Waals surface area contributed by atoms with Gasteiger partial charge in [-0.1, -0.05) is 0 Å². The van der Waals surface area contributed by atoms with Gasteiger partial charge in [-0.15, -0.1) is 0 Å². The van der Waals surface area contributed by atoms with Gasteiger partial charge < -0.3 is 19.7 Å². The van der Waals surface area contributed by atoms with E-state index in [9.17, 15) is 8.78 Å². The highest BCUT2D eigenvalue weighted by molar-refractivity contribution is 5.80.